The molecule has 0 unspecified atom stereocenters. The zero-order valence-corrected chi connectivity index (χ0v) is 18.1. The van der Waals surface area contributed by atoms with Crippen LogP contribution >= 0.6 is 0 Å². The Morgan fingerprint density at radius 2 is 1.90 bits per heavy atom. The first-order valence-corrected chi connectivity index (χ1v) is 11.0. The topological polar surface area (TPSA) is 87.5 Å². The van der Waals surface area contributed by atoms with Gasteiger partial charge in [-0.2, -0.15) is 5.10 Å². The second kappa shape index (κ2) is 8.91. The molecule has 0 radical (unpaired) electrons. The Balaban J connectivity index is 1.29. The highest BCUT2D eigenvalue weighted by Crippen LogP contribution is 2.30. The Labute approximate surface area is 182 Å². The molecule has 0 atom stereocenters. The number of piperidine rings is 1. The lowest BCUT2D eigenvalue weighted by Crippen LogP contribution is -2.41. The second-order valence-electron chi connectivity index (χ2n) is 8.34. The van der Waals surface area contributed by atoms with Crippen molar-refractivity contribution in [3.05, 3.63) is 47.3 Å². The van der Waals surface area contributed by atoms with Gasteiger partial charge in [-0.3, -0.25) is 19.1 Å². The van der Waals surface area contributed by atoms with Gasteiger partial charge in [0, 0.05) is 57.1 Å². The second-order valence-corrected chi connectivity index (χ2v) is 8.34. The number of hydrogen-bond acceptors (Lipinski definition) is 4. The van der Waals surface area contributed by atoms with E-state index in [-0.39, 0.29) is 17.7 Å². The molecule has 1 aromatic carbocycles. The molecule has 164 valence electrons. The number of rotatable bonds is 5. The number of carbonyl (C=O) groups excluding carboxylic acids is 3. The van der Waals surface area contributed by atoms with Crippen LogP contribution in [0, 0.1) is 5.92 Å². The van der Waals surface area contributed by atoms with Gasteiger partial charge in [-0.1, -0.05) is 6.92 Å². The van der Waals surface area contributed by atoms with E-state index in [9.17, 15) is 14.4 Å². The molecule has 1 saturated heterocycles. The van der Waals surface area contributed by atoms with Crippen LogP contribution in [0.25, 0.3) is 0 Å². The van der Waals surface area contributed by atoms with Crippen molar-refractivity contribution in [2.24, 2.45) is 13.0 Å². The third-order valence-electron chi connectivity index (χ3n) is 6.25. The maximum atomic E-state index is 13.0. The van der Waals surface area contributed by atoms with Crippen molar-refractivity contribution >= 4 is 23.4 Å². The van der Waals surface area contributed by atoms with E-state index in [1.54, 1.807) is 24.1 Å². The molecular formula is C23H29N5O3. The number of nitrogens with zero attached hydrogens (tertiary/aromatic N) is 4. The van der Waals surface area contributed by atoms with E-state index in [4.69, 9.17) is 0 Å². The zero-order valence-electron chi connectivity index (χ0n) is 18.1. The van der Waals surface area contributed by atoms with Crippen LogP contribution in [-0.2, 0) is 18.3 Å². The van der Waals surface area contributed by atoms with Crippen LogP contribution in [0.1, 0.15) is 52.5 Å². The van der Waals surface area contributed by atoms with Crippen LogP contribution in [0.15, 0.2) is 30.6 Å². The van der Waals surface area contributed by atoms with E-state index < -0.39 is 0 Å². The van der Waals surface area contributed by atoms with Gasteiger partial charge in [-0.15, -0.1) is 0 Å². The summed E-state index contributed by atoms with van der Waals surface area (Å²) in [5.41, 5.74) is 3.26. The number of carbonyl (C=O) groups is 3. The van der Waals surface area contributed by atoms with E-state index in [0.717, 1.165) is 30.5 Å². The summed E-state index contributed by atoms with van der Waals surface area (Å²) >= 11 is 0. The monoisotopic (exact) mass is 423 g/mol. The molecule has 1 fully saturated rings. The Morgan fingerprint density at radius 3 is 2.58 bits per heavy atom. The first-order valence-electron chi connectivity index (χ1n) is 11.0. The fourth-order valence-electron chi connectivity index (χ4n) is 4.39. The van der Waals surface area contributed by atoms with Crippen molar-refractivity contribution in [3.8, 4) is 0 Å². The van der Waals surface area contributed by atoms with Crippen molar-refractivity contribution in [3.63, 3.8) is 0 Å². The third-order valence-corrected chi connectivity index (χ3v) is 6.25. The number of anilines is 1. The molecule has 4 rings (SSSR count). The number of hydrogen-bond donors (Lipinski definition) is 1. The largest absolute Gasteiger partial charge is 0.352 e. The molecule has 2 aromatic rings. The maximum absolute atomic E-state index is 13.0. The highest BCUT2D eigenvalue weighted by atomic mass is 16.2. The fourth-order valence-corrected chi connectivity index (χ4v) is 4.39. The van der Waals surface area contributed by atoms with Gasteiger partial charge in [0.1, 0.15) is 0 Å². The van der Waals surface area contributed by atoms with Gasteiger partial charge in [0.25, 0.3) is 11.8 Å². The molecule has 31 heavy (non-hydrogen) atoms. The Hall–Kier alpha value is -3.16. The zero-order chi connectivity index (χ0) is 22.0. The van der Waals surface area contributed by atoms with Crippen LogP contribution in [-0.4, -0.2) is 58.6 Å². The summed E-state index contributed by atoms with van der Waals surface area (Å²) in [6, 6.07) is 5.69. The predicted octanol–water partition coefficient (Wildman–Crippen LogP) is 2.00. The van der Waals surface area contributed by atoms with Gasteiger partial charge in [0.15, 0.2) is 0 Å². The Bertz CT molecular complexity index is 991. The van der Waals surface area contributed by atoms with E-state index in [2.05, 4.69) is 10.4 Å². The van der Waals surface area contributed by atoms with Crippen LogP contribution in [0.4, 0.5) is 5.69 Å². The number of aromatic nitrogens is 2. The van der Waals surface area contributed by atoms with Crippen LogP contribution in [0.5, 0.6) is 0 Å². The quantitative estimate of drug-likeness (QED) is 0.797. The molecule has 0 saturated carbocycles. The summed E-state index contributed by atoms with van der Waals surface area (Å²) in [6.45, 7) is 4.53. The molecule has 0 bridgehead atoms. The maximum Gasteiger partial charge on any atom is 0.254 e. The highest BCUT2D eigenvalue weighted by molar-refractivity contribution is 5.98. The van der Waals surface area contributed by atoms with Gasteiger partial charge in [-0.25, -0.2) is 0 Å². The SMILES string of the molecule is CCC(=O)N1CCc2cc(C(=O)N3CCC(CNC(=O)c4cnn(C)c4)CC3)ccc21. The summed E-state index contributed by atoms with van der Waals surface area (Å²) in [4.78, 5) is 41.0. The number of amides is 3. The molecule has 2 aliphatic heterocycles. The van der Waals surface area contributed by atoms with Gasteiger partial charge < -0.3 is 15.1 Å². The van der Waals surface area contributed by atoms with Crippen molar-refractivity contribution in [1.29, 1.82) is 0 Å². The standard InChI is InChI=1S/C23H29N5O3/c1-3-21(29)28-11-8-17-12-18(4-5-20(17)28)23(31)27-9-6-16(7-10-27)13-24-22(30)19-14-25-26(2)15-19/h4-5,12,14-16H,3,6-11,13H2,1-2H3,(H,24,30). The van der Waals surface area contributed by atoms with Crippen molar-refractivity contribution < 1.29 is 14.4 Å². The lowest BCUT2D eigenvalue weighted by molar-refractivity contribution is -0.118. The average Bonchev–Trinajstić information content (AvgIpc) is 3.42. The summed E-state index contributed by atoms with van der Waals surface area (Å²) < 4.78 is 1.61. The molecule has 1 aromatic heterocycles. The minimum Gasteiger partial charge on any atom is -0.352 e. The van der Waals surface area contributed by atoms with Gasteiger partial charge in [-0.05, 0) is 48.9 Å². The fraction of sp³-hybridized carbons (Fsp3) is 0.478. The van der Waals surface area contributed by atoms with Gasteiger partial charge >= 0.3 is 0 Å². The first kappa shape index (κ1) is 21.1. The van der Waals surface area contributed by atoms with Crippen LogP contribution in [0.3, 0.4) is 0 Å². The molecule has 1 N–H and O–H groups in total. The number of nitrogens with one attached hydrogen (secondary N) is 1. The number of aryl methyl sites for hydroxylation is 1. The Kier molecular flexibility index (Phi) is 6.06. The van der Waals surface area contributed by atoms with E-state index in [1.165, 1.54) is 0 Å². The lowest BCUT2D eigenvalue weighted by atomic mass is 9.96. The molecule has 3 amide bonds. The van der Waals surface area contributed by atoms with Crippen LogP contribution < -0.4 is 10.2 Å². The molecule has 0 aliphatic carbocycles. The minimum atomic E-state index is -0.111. The van der Waals surface area contributed by atoms with Crippen molar-refractivity contribution in [1.82, 2.24) is 20.0 Å². The number of benzene rings is 1. The molecule has 8 heteroatoms. The van der Waals surface area contributed by atoms with E-state index >= 15 is 0 Å². The summed E-state index contributed by atoms with van der Waals surface area (Å²) in [7, 11) is 1.78. The molecule has 3 heterocycles. The summed E-state index contributed by atoms with van der Waals surface area (Å²) in [6.07, 6.45) is 6.26. The van der Waals surface area contributed by atoms with Crippen LogP contribution in [0.2, 0.25) is 0 Å². The summed E-state index contributed by atoms with van der Waals surface area (Å²) in [5, 5.41) is 7.00. The smallest absolute Gasteiger partial charge is 0.254 e. The summed E-state index contributed by atoms with van der Waals surface area (Å²) in [5.74, 6) is 0.412. The van der Waals surface area contributed by atoms with Crippen molar-refractivity contribution in [2.45, 2.75) is 32.6 Å². The molecule has 0 spiro atoms. The van der Waals surface area contributed by atoms with Gasteiger partial charge in [0.2, 0.25) is 5.91 Å². The first-order chi connectivity index (χ1) is 15.0. The highest BCUT2D eigenvalue weighted by Gasteiger charge is 2.27. The number of fused-ring (bicyclic) bond motifs is 1. The van der Waals surface area contributed by atoms with E-state index in [0.29, 0.717) is 49.6 Å². The van der Waals surface area contributed by atoms with Crippen molar-refractivity contribution in [2.75, 3.05) is 31.1 Å². The average molecular weight is 424 g/mol. The van der Waals surface area contributed by atoms with Gasteiger partial charge in [0.05, 0.1) is 11.8 Å². The predicted molar refractivity (Wildman–Crippen MR) is 117 cm³/mol. The molecule has 8 nitrogen and oxygen atoms in total. The normalized spacial score (nSPS) is 16.3. The third kappa shape index (κ3) is 4.47. The molecule has 2 aliphatic rings. The minimum absolute atomic E-state index is 0.0425. The number of likely N-dealkylation sites (tertiary alicyclic amines) is 1. The van der Waals surface area contributed by atoms with E-state index in [1.807, 2.05) is 34.9 Å². The lowest BCUT2D eigenvalue weighted by Gasteiger charge is -2.32. The Morgan fingerprint density at radius 1 is 1.13 bits per heavy atom. The molecular weight excluding hydrogens is 394 g/mol.